The zero-order chi connectivity index (χ0) is 11.7. The molecule has 0 radical (unpaired) electrons. The minimum Gasteiger partial charge on any atom is -0.370 e. The zero-order valence-electron chi connectivity index (χ0n) is 10.3. The summed E-state index contributed by atoms with van der Waals surface area (Å²) in [5.74, 6) is 1.66. The molecule has 2 atom stereocenters. The lowest BCUT2D eigenvalue weighted by atomic mass is 10.1. The van der Waals surface area contributed by atoms with E-state index >= 15 is 0 Å². The fraction of sp³-hybridized carbons (Fsp3) is 0.643. The summed E-state index contributed by atoms with van der Waals surface area (Å²) >= 11 is 0. The molecular weight excluding hydrogens is 210 g/mol. The van der Waals surface area contributed by atoms with Gasteiger partial charge in [-0.1, -0.05) is 12.5 Å². The second kappa shape index (κ2) is 4.65. The van der Waals surface area contributed by atoms with Gasteiger partial charge >= 0.3 is 0 Å². The van der Waals surface area contributed by atoms with Gasteiger partial charge in [0.2, 0.25) is 0 Å². The van der Waals surface area contributed by atoms with Crippen LogP contribution in [0, 0.1) is 5.92 Å². The van der Waals surface area contributed by atoms with Crippen LogP contribution in [-0.4, -0.2) is 17.6 Å². The van der Waals surface area contributed by atoms with E-state index in [-0.39, 0.29) is 0 Å². The van der Waals surface area contributed by atoms with Crippen LogP contribution in [0.1, 0.15) is 36.9 Å². The first kappa shape index (κ1) is 11.0. The molecule has 1 fully saturated rings. The maximum Gasteiger partial charge on any atom is 0.126 e. The standard InChI is InChI=1S/C14H21N3/c15-12-5-1-4-11(12)9-16-14-8-7-10-3-2-6-13(10)17-14/h7-8,11-12H,1-6,9,15H2,(H,16,17). The van der Waals surface area contributed by atoms with Gasteiger partial charge in [-0.25, -0.2) is 4.98 Å². The molecule has 1 saturated carbocycles. The van der Waals surface area contributed by atoms with E-state index in [4.69, 9.17) is 5.73 Å². The summed E-state index contributed by atoms with van der Waals surface area (Å²) in [6.45, 7) is 0.979. The molecule has 0 amide bonds. The number of nitrogens with one attached hydrogen (secondary N) is 1. The summed E-state index contributed by atoms with van der Waals surface area (Å²) < 4.78 is 0. The summed E-state index contributed by atoms with van der Waals surface area (Å²) in [6, 6.07) is 4.73. The molecule has 3 heteroatoms. The van der Waals surface area contributed by atoms with Gasteiger partial charge < -0.3 is 11.1 Å². The van der Waals surface area contributed by atoms with Crippen LogP contribution < -0.4 is 11.1 Å². The summed E-state index contributed by atoms with van der Waals surface area (Å²) in [5, 5.41) is 3.46. The lowest BCUT2D eigenvalue weighted by molar-refractivity contribution is 0.504. The molecule has 3 rings (SSSR count). The molecule has 2 aliphatic rings. The number of nitrogens with zero attached hydrogens (tertiary/aromatic N) is 1. The first-order valence-electron chi connectivity index (χ1n) is 6.81. The van der Waals surface area contributed by atoms with E-state index in [0.29, 0.717) is 12.0 Å². The minimum atomic E-state index is 0.386. The second-order valence-electron chi connectivity index (χ2n) is 5.39. The van der Waals surface area contributed by atoms with Crippen molar-refractivity contribution in [3.05, 3.63) is 23.4 Å². The second-order valence-corrected chi connectivity index (χ2v) is 5.39. The van der Waals surface area contributed by atoms with E-state index in [1.54, 1.807) is 0 Å². The molecule has 92 valence electrons. The number of fused-ring (bicyclic) bond motifs is 1. The average molecular weight is 231 g/mol. The number of pyridine rings is 1. The number of rotatable bonds is 3. The summed E-state index contributed by atoms with van der Waals surface area (Å²) in [4.78, 5) is 4.69. The van der Waals surface area contributed by atoms with Crippen molar-refractivity contribution in [1.82, 2.24) is 4.98 Å². The lowest BCUT2D eigenvalue weighted by Gasteiger charge is -2.16. The number of aromatic nitrogens is 1. The van der Waals surface area contributed by atoms with Crippen molar-refractivity contribution in [2.24, 2.45) is 11.7 Å². The third kappa shape index (κ3) is 2.29. The Hall–Kier alpha value is -1.09. The van der Waals surface area contributed by atoms with Crippen molar-refractivity contribution in [2.75, 3.05) is 11.9 Å². The topological polar surface area (TPSA) is 50.9 Å². The molecule has 0 saturated heterocycles. The monoisotopic (exact) mass is 231 g/mol. The highest BCUT2D eigenvalue weighted by molar-refractivity contribution is 5.40. The number of anilines is 1. The van der Waals surface area contributed by atoms with Gasteiger partial charge in [0, 0.05) is 18.3 Å². The van der Waals surface area contributed by atoms with E-state index < -0.39 is 0 Å². The fourth-order valence-electron chi connectivity index (χ4n) is 3.07. The van der Waals surface area contributed by atoms with Crippen molar-refractivity contribution in [3.8, 4) is 0 Å². The van der Waals surface area contributed by atoms with Crippen LogP contribution in [0.15, 0.2) is 12.1 Å². The molecule has 1 aromatic rings. The van der Waals surface area contributed by atoms with E-state index in [2.05, 4.69) is 22.4 Å². The van der Waals surface area contributed by atoms with Gasteiger partial charge in [-0.15, -0.1) is 0 Å². The molecule has 0 bridgehead atoms. The van der Waals surface area contributed by atoms with Crippen LogP contribution in [0.25, 0.3) is 0 Å². The van der Waals surface area contributed by atoms with E-state index in [1.807, 2.05) is 0 Å². The maximum absolute atomic E-state index is 6.07. The van der Waals surface area contributed by atoms with Crippen molar-refractivity contribution in [2.45, 2.75) is 44.6 Å². The quantitative estimate of drug-likeness (QED) is 0.837. The van der Waals surface area contributed by atoms with Gasteiger partial charge in [0.1, 0.15) is 5.82 Å². The molecule has 3 nitrogen and oxygen atoms in total. The van der Waals surface area contributed by atoms with Gasteiger partial charge in [0.15, 0.2) is 0 Å². The van der Waals surface area contributed by atoms with Crippen LogP contribution in [-0.2, 0) is 12.8 Å². The molecule has 3 N–H and O–H groups in total. The largest absolute Gasteiger partial charge is 0.370 e. The number of aryl methyl sites for hydroxylation is 2. The fourth-order valence-corrected chi connectivity index (χ4v) is 3.07. The average Bonchev–Trinajstić information content (AvgIpc) is 2.94. The lowest BCUT2D eigenvalue weighted by Crippen LogP contribution is -2.29. The van der Waals surface area contributed by atoms with Crippen LogP contribution in [0.5, 0.6) is 0 Å². The van der Waals surface area contributed by atoms with E-state index in [0.717, 1.165) is 18.8 Å². The van der Waals surface area contributed by atoms with Crippen molar-refractivity contribution < 1.29 is 0 Å². The number of hydrogen-bond acceptors (Lipinski definition) is 3. The van der Waals surface area contributed by atoms with Crippen LogP contribution in [0.3, 0.4) is 0 Å². The van der Waals surface area contributed by atoms with E-state index in [1.165, 1.54) is 43.4 Å². The zero-order valence-corrected chi connectivity index (χ0v) is 10.3. The van der Waals surface area contributed by atoms with Gasteiger partial charge in [0.25, 0.3) is 0 Å². The molecule has 1 aromatic heterocycles. The molecule has 0 spiro atoms. The third-order valence-corrected chi connectivity index (χ3v) is 4.19. The first-order valence-corrected chi connectivity index (χ1v) is 6.81. The highest BCUT2D eigenvalue weighted by Crippen LogP contribution is 2.25. The first-order chi connectivity index (χ1) is 8.33. The smallest absolute Gasteiger partial charge is 0.126 e. The molecule has 17 heavy (non-hydrogen) atoms. The van der Waals surface area contributed by atoms with Crippen molar-refractivity contribution in [3.63, 3.8) is 0 Å². The summed E-state index contributed by atoms with van der Waals surface area (Å²) in [7, 11) is 0. The molecule has 2 aliphatic carbocycles. The van der Waals surface area contributed by atoms with Gasteiger partial charge in [-0.2, -0.15) is 0 Å². The van der Waals surface area contributed by atoms with Crippen LogP contribution >= 0.6 is 0 Å². The van der Waals surface area contributed by atoms with Crippen LogP contribution in [0.2, 0.25) is 0 Å². The minimum absolute atomic E-state index is 0.386. The predicted molar refractivity (Wildman–Crippen MR) is 70.1 cm³/mol. The van der Waals surface area contributed by atoms with Crippen molar-refractivity contribution in [1.29, 1.82) is 0 Å². The molecule has 2 unspecified atom stereocenters. The predicted octanol–water partition coefficient (Wildman–Crippen LogP) is 2.11. The molecular formula is C14H21N3. The maximum atomic E-state index is 6.07. The Morgan fingerprint density at radius 2 is 2.18 bits per heavy atom. The number of hydrogen-bond donors (Lipinski definition) is 2. The Labute approximate surface area is 103 Å². The Morgan fingerprint density at radius 3 is 3.00 bits per heavy atom. The Morgan fingerprint density at radius 1 is 1.24 bits per heavy atom. The molecule has 0 aromatic carbocycles. The highest BCUT2D eigenvalue weighted by atomic mass is 15.0. The third-order valence-electron chi connectivity index (χ3n) is 4.19. The normalized spacial score (nSPS) is 27.1. The SMILES string of the molecule is NC1CCCC1CNc1ccc2c(n1)CCC2. The summed E-state index contributed by atoms with van der Waals surface area (Å²) in [5.41, 5.74) is 8.81. The molecule has 1 heterocycles. The Balaban J connectivity index is 1.61. The Bertz CT molecular complexity index is 402. The summed E-state index contributed by atoms with van der Waals surface area (Å²) in [6.07, 6.45) is 7.34. The van der Waals surface area contributed by atoms with Crippen LogP contribution in [0.4, 0.5) is 5.82 Å². The van der Waals surface area contributed by atoms with Gasteiger partial charge in [0.05, 0.1) is 0 Å². The Kier molecular flexibility index (Phi) is 3.02. The number of nitrogens with two attached hydrogens (primary N) is 1. The van der Waals surface area contributed by atoms with E-state index in [9.17, 15) is 0 Å². The van der Waals surface area contributed by atoms with Crippen molar-refractivity contribution >= 4 is 5.82 Å². The van der Waals surface area contributed by atoms with Gasteiger partial charge in [-0.05, 0) is 49.7 Å². The van der Waals surface area contributed by atoms with Gasteiger partial charge in [-0.3, -0.25) is 0 Å². The molecule has 0 aliphatic heterocycles. The highest BCUT2D eigenvalue weighted by Gasteiger charge is 2.23.